The van der Waals surface area contributed by atoms with Gasteiger partial charge in [0.25, 0.3) is 0 Å². The predicted octanol–water partition coefficient (Wildman–Crippen LogP) is 3.48. The van der Waals surface area contributed by atoms with Crippen LogP contribution in [0.2, 0.25) is 0 Å². The van der Waals surface area contributed by atoms with E-state index in [1.54, 1.807) is 12.0 Å². The Labute approximate surface area is 303 Å². The summed E-state index contributed by atoms with van der Waals surface area (Å²) >= 11 is 0. The van der Waals surface area contributed by atoms with Crippen LogP contribution in [0, 0.1) is 23.2 Å². The smallest absolute Gasteiger partial charge is 0.246 e. The molecule has 1 aromatic rings. The second-order valence-electron chi connectivity index (χ2n) is 15.8. The van der Waals surface area contributed by atoms with Gasteiger partial charge in [-0.2, -0.15) is 5.26 Å². The number of ketones is 1. The topological polar surface area (TPSA) is 123 Å². The van der Waals surface area contributed by atoms with Crippen LogP contribution in [0.1, 0.15) is 70.6 Å². The van der Waals surface area contributed by atoms with E-state index >= 15 is 4.79 Å². The molecule has 2 saturated carbocycles. The van der Waals surface area contributed by atoms with Gasteiger partial charge in [0.2, 0.25) is 5.91 Å². The standard InChI is InChI=1S/C39H57N7O5/c1-5-34(47)46-22-21-45(24-28(46)17-19-40)37-31-16-18-38(26-44(3)32-15-14-30(49-4)23-33(32)51-38)36(48)35(31)41-39(42-37,27-11-8-6-7-9-12-27)50-25-29-13-10-20-43(29)2/h5,14-15,23,27-29,31,35,37,41-42H,1,6-13,16-18,20-22,24-26H2,2-4H3/t28?,29?,31?,35?,37?,38-,39?/m1/s1. The third kappa shape index (κ3) is 6.88. The van der Waals surface area contributed by atoms with Gasteiger partial charge in [-0.15, -0.1) is 0 Å². The molecular weight excluding hydrogens is 646 g/mol. The van der Waals surface area contributed by atoms with Crippen LogP contribution >= 0.6 is 0 Å². The van der Waals surface area contributed by atoms with E-state index in [0.717, 1.165) is 57.2 Å². The van der Waals surface area contributed by atoms with Crippen LogP contribution < -0.4 is 25.0 Å². The largest absolute Gasteiger partial charge is 0.497 e. The first-order chi connectivity index (χ1) is 24.7. The van der Waals surface area contributed by atoms with E-state index in [2.05, 4.69) is 45.0 Å². The molecule has 4 heterocycles. The summed E-state index contributed by atoms with van der Waals surface area (Å²) in [6.45, 7) is 7.47. The van der Waals surface area contributed by atoms with Crippen molar-refractivity contribution < 1.29 is 23.8 Å². The number of anilines is 1. The van der Waals surface area contributed by atoms with Gasteiger partial charge in [-0.25, -0.2) is 0 Å². The number of carbonyl (C=O) groups is 2. The number of hydrogen-bond donors (Lipinski definition) is 2. The molecule has 7 atom stereocenters. The monoisotopic (exact) mass is 703 g/mol. The van der Waals surface area contributed by atoms with Crippen molar-refractivity contribution in [3.8, 4) is 17.6 Å². The maximum Gasteiger partial charge on any atom is 0.246 e. The van der Waals surface area contributed by atoms with Crippen molar-refractivity contribution in [2.75, 3.05) is 65.4 Å². The molecule has 5 fully saturated rings. The molecule has 2 aliphatic carbocycles. The van der Waals surface area contributed by atoms with Crippen LogP contribution in [0.4, 0.5) is 5.69 Å². The van der Waals surface area contributed by atoms with Crippen LogP contribution in [-0.4, -0.2) is 123 Å². The highest BCUT2D eigenvalue weighted by atomic mass is 16.5. The minimum absolute atomic E-state index is 0.0650. The predicted molar refractivity (Wildman–Crippen MR) is 194 cm³/mol. The van der Waals surface area contributed by atoms with E-state index in [9.17, 15) is 10.1 Å². The molecule has 51 heavy (non-hydrogen) atoms. The number of carbonyl (C=O) groups excluding carboxylic acids is 2. The van der Waals surface area contributed by atoms with Crippen molar-refractivity contribution in [3.05, 3.63) is 30.9 Å². The van der Waals surface area contributed by atoms with Crippen molar-refractivity contribution in [1.29, 1.82) is 5.26 Å². The highest BCUT2D eigenvalue weighted by Gasteiger charge is 2.61. The number of likely N-dealkylation sites (N-methyl/N-ethyl adjacent to an activating group) is 2. The van der Waals surface area contributed by atoms with Gasteiger partial charge in [0.1, 0.15) is 11.5 Å². The van der Waals surface area contributed by atoms with Crippen LogP contribution in [0.5, 0.6) is 11.5 Å². The Bertz CT molecular complexity index is 1490. The molecule has 278 valence electrons. The van der Waals surface area contributed by atoms with Crippen LogP contribution in [0.25, 0.3) is 0 Å². The molecule has 0 bridgehead atoms. The van der Waals surface area contributed by atoms with E-state index in [-0.39, 0.29) is 42.2 Å². The van der Waals surface area contributed by atoms with Gasteiger partial charge in [0.05, 0.1) is 56.7 Å². The summed E-state index contributed by atoms with van der Waals surface area (Å²) in [5.74, 6) is 0.461. The molecule has 3 saturated heterocycles. The number of benzene rings is 1. The first kappa shape index (κ1) is 36.2. The molecule has 2 N–H and O–H groups in total. The maximum absolute atomic E-state index is 15.3. The molecule has 0 radical (unpaired) electrons. The molecule has 6 aliphatic rings. The summed E-state index contributed by atoms with van der Waals surface area (Å²) < 4.78 is 19.6. The number of piperazine rings is 1. The molecule has 1 amide bonds. The third-order valence-electron chi connectivity index (χ3n) is 12.9. The van der Waals surface area contributed by atoms with Gasteiger partial charge >= 0.3 is 0 Å². The third-order valence-corrected chi connectivity index (χ3v) is 12.9. The first-order valence-corrected chi connectivity index (χ1v) is 19.3. The van der Waals surface area contributed by atoms with E-state index in [4.69, 9.17) is 14.2 Å². The summed E-state index contributed by atoms with van der Waals surface area (Å²) in [7, 11) is 5.85. The van der Waals surface area contributed by atoms with Crippen molar-refractivity contribution in [2.24, 2.45) is 11.8 Å². The van der Waals surface area contributed by atoms with Gasteiger partial charge < -0.3 is 28.9 Å². The fraction of sp³-hybridized carbons (Fsp3) is 0.718. The lowest BCUT2D eigenvalue weighted by Crippen LogP contribution is -2.82. The van der Waals surface area contributed by atoms with Crippen LogP contribution in [0.15, 0.2) is 30.9 Å². The van der Waals surface area contributed by atoms with E-state index in [1.807, 2.05) is 25.2 Å². The number of fused-ring (bicyclic) bond motifs is 2. The van der Waals surface area contributed by atoms with Gasteiger partial charge in [-0.3, -0.25) is 25.1 Å². The Morgan fingerprint density at radius 2 is 1.88 bits per heavy atom. The number of nitriles is 1. The molecule has 12 nitrogen and oxygen atoms in total. The number of methoxy groups -OCH3 is 1. The molecule has 12 heteroatoms. The van der Waals surface area contributed by atoms with Crippen molar-refractivity contribution in [2.45, 2.75) is 106 Å². The molecule has 6 unspecified atom stereocenters. The summed E-state index contributed by atoms with van der Waals surface area (Å²) in [5.41, 5.74) is -0.0801. The van der Waals surface area contributed by atoms with E-state index in [1.165, 1.54) is 18.9 Å². The van der Waals surface area contributed by atoms with Gasteiger partial charge in [-0.1, -0.05) is 32.3 Å². The minimum atomic E-state index is -1.02. The molecule has 4 aliphatic heterocycles. The molecule has 0 aromatic heterocycles. The molecular formula is C39H57N7O5. The minimum Gasteiger partial charge on any atom is -0.497 e. The number of Topliss-reactive ketones (excluding diaryl/α,β-unsaturated/α-hetero) is 1. The number of rotatable bonds is 8. The molecule has 7 rings (SSSR count). The van der Waals surface area contributed by atoms with Crippen LogP contribution in [-0.2, 0) is 14.3 Å². The zero-order chi connectivity index (χ0) is 35.8. The highest BCUT2D eigenvalue weighted by Crippen LogP contribution is 2.47. The second-order valence-corrected chi connectivity index (χ2v) is 15.8. The molecule has 1 spiro atoms. The Morgan fingerprint density at radius 1 is 1.08 bits per heavy atom. The summed E-state index contributed by atoms with van der Waals surface area (Å²) in [4.78, 5) is 36.9. The lowest BCUT2D eigenvalue weighted by Gasteiger charge is -2.59. The van der Waals surface area contributed by atoms with Crippen molar-refractivity contribution in [3.63, 3.8) is 0 Å². The van der Waals surface area contributed by atoms with E-state index < -0.39 is 17.5 Å². The van der Waals surface area contributed by atoms with Crippen molar-refractivity contribution in [1.82, 2.24) is 25.3 Å². The number of ether oxygens (including phenoxy) is 3. The Balaban J connectivity index is 1.26. The number of amides is 1. The van der Waals surface area contributed by atoms with Gasteiger partial charge in [0, 0.05) is 50.6 Å². The van der Waals surface area contributed by atoms with E-state index in [0.29, 0.717) is 56.7 Å². The number of nitrogens with zero attached hydrogens (tertiary/aromatic N) is 5. The van der Waals surface area contributed by atoms with Gasteiger partial charge in [-0.05, 0) is 70.3 Å². The first-order valence-electron chi connectivity index (χ1n) is 19.3. The zero-order valence-corrected chi connectivity index (χ0v) is 30.8. The number of nitrogens with one attached hydrogen (secondary N) is 2. The summed E-state index contributed by atoms with van der Waals surface area (Å²) in [6.07, 6.45) is 11.6. The molecule has 1 aromatic carbocycles. The number of likely N-dealkylation sites (tertiary alicyclic amines) is 1. The normalized spacial score (nSPS) is 35.0. The Kier molecular flexibility index (Phi) is 10.7. The fourth-order valence-corrected chi connectivity index (χ4v) is 9.99. The highest BCUT2D eigenvalue weighted by molar-refractivity contribution is 5.95. The maximum atomic E-state index is 15.3. The lowest BCUT2D eigenvalue weighted by molar-refractivity contribution is -0.209. The fourth-order valence-electron chi connectivity index (χ4n) is 9.99. The second kappa shape index (κ2) is 15.0. The van der Waals surface area contributed by atoms with Gasteiger partial charge in [0.15, 0.2) is 17.2 Å². The Morgan fingerprint density at radius 3 is 2.59 bits per heavy atom. The average Bonchev–Trinajstić information content (AvgIpc) is 3.36. The quantitative estimate of drug-likeness (QED) is 0.306. The SMILES string of the molecule is C=CC(=O)N1CCN(C2NC(OCC3CCCN3C)(C3CCCCCC3)NC3C(=O)[C@@]4(CCC32)CN(C)c2ccc(OC)cc2O4)CC1CC#N. The lowest BCUT2D eigenvalue weighted by atomic mass is 9.69. The van der Waals surface area contributed by atoms with Crippen LogP contribution in [0.3, 0.4) is 0 Å². The number of hydrogen-bond acceptors (Lipinski definition) is 11. The van der Waals surface area contributed by atoms with Crippen molar-refractivity contribution >= 4 is 17.4 Å². The zero-order valence-electron chi connectivity index (χ0n) is 30.8. The summed E-state index contributed by atoms with van der Waals surface area (Å²) in [5, 5.41) is 17.8. The Hall–Kier alpha value is -3.21. The summed E-state index contributed by atoms with van der Waals surface area (Å²) in [6, 6.07) is 7.67. The average molecular weight is 704 g/mol.